The fourth-order valence-electron chi connectivity index (χ4n) is 11.8. The van der Waals surface area contributed by atoms with E-state index in [1.807, 2.05) is 146 Å². The van der Waals surface area contributed by atoms with Crippen molar-refractivity contribution in [3.8, 4) is 0 Å². The maximum Gasteiger partial charge on any atom is 0.326 e. The van der Waals surface area contributed by atoms with Crippen LogP contribution in [0.25, 0.3) is 32.7 Å². The van der Waals surface area contributed by atoms with Crippen molar-refractivity contribution in [2.45, 2.75) is 119 Å². The summed E-state index contributed by atoms with van der Waals surface area (Å²) in [6.45, 7) is 1.27. The molecule has 0 aliphatic carbocycles. The molecular formula is C70H82N12O9. The molecule has 91 heavy (non-hydrogen) atoms. The average Bonchev–Trinajstić information content (AvgIpc) is 2.28. The number of aromatic nitrogens is 3. The van der Waals surface area contributed by atoms with Crippen LogP contribution >= 0.6 is 0 Å². The number of unbranched alkanes of at least 4 members (excludes halogenated alkanes) is 3. The van der Waals surface area contributed by atoms with Gasteiger partial charge in [-0.1, -0.05) is 91.0 Å². The molecule has 0 spiro atoms. The zero-order valence-electron chi connectivity index (χ0n) is 50.8. The molecule has 18 N–H and O–H groups in total. The normalized spacial score (nSPS) is 13.5. The van der Waals surface area contributed by atoms with E-state index in [1.54, 1.807) is 18.6 Å². The molecule has 0 saturated heterocycles. The van der Waals surface area contributed by atoms with Gasteiger partial charge in [0.2, 0.25) is 17.7 Å². The van der Waals surface area contributed by atoms with Gasteiger partial charge in [-0.3, -0.25) is 14.4 Å². The first-order valence-corrected chi connectivity index (χ1v) is 31.1. The van der Waals surface area contributed by atoms with Gasteiger partial charge in [-0.2, -0.15) is 0 Å². The second-order valence-electron chi connectivity index (χ2n) is 23.1. The first-order valence-electron chi connectivity index (χ1n) is 31.1. The number of benzene rings is 6. The Morgan fingerprint density at radius 1 is 0.352 bits per heavy atom. The van der Waals surface area contributed by atoms with E-state index in [0.29, 0.717) is 94.5 Å². The number of nitrogens with two attached hydrogens (primary N) is 3. The molecule has 0 unspecified atom stereocenters. The van der Waals surface area contributed by atoms with Crippen molar-refractivity contribution in [1.29, 1.82) is 0 Å². The van der Waals surface area contributed by atoms with Gasteiger partial charge in [-0.15, -0.1) is 0 Å². The van der Waals surface area contributed by atoms with Crippen molar-refractivity contribution < 1.29 is 44.1 Å². The number of aromatic amines is 3. The van der Waals surface area contributed by atoms with Crippen molar-refractivity contribution in [3.63, 3.8) is 0 Å². The molecule has 0 bridgehead atoms. The third kappa shape index (κ3) is 17.5. The highest BCUT2D eigenvalue weighted by Crippen LogP contribution is 2.35. The molecular weight excluding hydrogens is 1150 g/mol. The molecule has 3 aromatic heterocycles. The molecule has 6 atom stereocenters. The van der Waals surface area contributed by atoms with Crippen LogP contribution < -0.4 is 49.1 Å². The molecule has 0 fully saturated rings. The van der Waals surface area contributed by atoms with E-state index in [1.165, 1.54) is 0 Å². The number of aliphatic carboxylic acids is 3. The Morgan fingerprint density at radius 2 is 0.615 bits per heavy atom. The Morgan fingerprint density at radius 3 is 0.868 bits per heavy atom. The van der Waals surface area contributed by atoms with Crippen molar-refractivity contribution in [2.75, 3.05) is 35.6 Å². The van der Waals surface area contributed by atoms with E-state index >= 15 is 0 Å². The third-order valence-electron chi connectivity index (χ3n) is 16.7. The fraction of sp³-hybridized carbons (Fsp3) is 0.314. The van der Waals surface area contributed by atoms with Gasteiger partial charge in [-0.25, -0.2) is 14.4 Å². The lowest BCUT2D eigenvalue weighted by Gasteiger charge is -2.25. The summed E-state index contributed by atoms with van der Waals surface area (Å²) in [4.78, 5) is 90.0. The molecule has 0 saturated carbocycles. The van der Waals surface area contributed by atoms with Gasteiger partial charge < -0.3 is 79.4 Å². The van der Waals surface area contributed by atoms with Crippen LogP contribution in [-0.4, -0.2) is 122 Å². The minimum atomic E-state index is -1.20. The highest BCUT2D eigenvalue weighted by atomic mass is 16.4. The average molecular weight is 1240 g/mol. The molecule has 6 aromatic carbocycles. The number of para-hydroxylation sites is 3. The van der Waals surface area contributed by atoms with E-state index < -0.39 is 77.8 Å². The number of rotatable bonds is 36. The van der Waals surface area contributed by atoms with Crippen LogP contribution in [0.4, 0.5) is 17.1 Å². The predicted octanol–water partition coefficient (Wildman–Crippen LogP) is 8.48. The molecule has 9 aromatic rings. The summed E-state index contributed by atoms with van der Waals surface area (Å²) < 4.78 is 0. The molecule has 3 heterocycles. The Kier molecular flexibility index (Phi) is 23.0. The number of anilines is 3. The number of carbonyl (C=O) groups excluding carboxylic acids is 3. The maximum absolute atomic E-state index is 14.1. The van der Waals surface area contributed by atoms with Gasteiger partial charge >= 0.3 is 17.9 Å². The zero-order chi connectivity index (χ0) is 64.2. The molecule has 476 valence electrons. The van der Waals surface area contributed by atoms with Crippen molar-refractivity contribution in [1.82, 2.24) is 30.9 Å². The van der Waals surface area contributed by atoms with Crippen LogP contribution in [0.2, 0.25) is 0 Å². The first-order chi connectivity index (χ1) is 44.2. The molecule has 0 aliphatic rings. The monoisotopic (exact) mass is 1230 g/mol. The second-order valence-corrected chi connectivity index (χ2v) is 23.1. The Bertz CT molecular complexity index is 3480. The van der Waals surface area contributed by atoms with Gasteiger partial charge in [0.05, 0.1) is 0 Å². The number of amides is 3. The number of H-pyrrole nitrogens is 3. The summed E-state index contributed by atoms with van der Waals surface area (Å²) in [6, 6.07) is 39.7. The van der Waals surface area contributed by atoms with Crippen LogP contribution in [0.5, 0.6) is 0 Å². The third-order valence-corrected chi connectivity index (χ3v) is 16.7. The number of nitrogens with one attached hydrogen (secondary N) is 9. The predicted molar refractivity (Wildman–Crippen MR) is 356 cm³/mol. The molecule has 9 rings (SSSR count). The Hall–Kier alpha value is -9.96. The van der Waals surface area contributed by atoms with Gasteiger partial charge in [0, 0.05) is 93.5 Å². The number of carboxylic acid groups (broad SMARTS) is 3. The Balaban J connectivity index is 0.971. The van der Waals surface area contributed by atoms with Crippen molar-refractivity contribution in [2.24, 2.45) is 17.2 Å². The van der Waals surface area contributed by atoms with E-state index in [4.69, 9.17) is 17.2 Å². The van der Waals surface area contributed by atoms with Crippen molar-refractivity contribution in [3.05, 3.63) is 198 Å². The lowest BCUT2D eigenvalue weighted by Crippen LogP contribution is -2.48. The number of fused-ring (bicyclic) bond motifs is 3. The lowest BCUT2D eigenvalue weighted by atomic mass is 9.85. The standard InChI is InChI=1S/C70H82N12O9/c71-34-10-7-19-58(65(83)80-61(68(86)87)37-46-40-74-55-16-4-1-13-52(46)55)77-49-28-22-43(23-29-49)64(44-24-30-50(31-25-44)78-59(20-8-11-35-72)66(84)81-62(69(88)89)38-47-41-75-56-17-5-2-14-53(47)56)45-26-32-51(33-27-45)79-60(21-9-12-36-73)67(85)82-63(70(90)91)39-48-42-76-57-18-6-3-15-54(48)57/h1-6,13-18,22-33,40-42,58-64,74-79H,7-12,19-21,34-39,71-73H2,(H,80,83)(H,81,84)(H,82,85)(H,86,87)(H,88,89)(H,90,91)/t58-,59-,60-,61-,62-,63+/m0/s1. The highest BCUT2D eigenvalue weighted by Gasteiger charge is 2.30. The molecule has 21 heteroatoms. The van der Waals surface area contributed by atoms with E-state index in [2.05, 4.69) is 46.9 Å². The number of carboxylic acids is 3. The molecule has 3 amide bonds. The number of carbonyl (C=O) groups is 6. The summed E-state index contributed by atoms with van der Waals surface area (Å²) in [6.07, 6.45) is 10.5. The summed E-state index contributed by atoms with van der Waals surface area (Å²) in [5, 5.41) is 52.2. The van der Waals surface area contributed by atoms with Gasteiger partial charge in [0.1, 0.15) is 36.3 Å². The van der Waals surface area contributed by atoms with E-state index in [9.17, 15) is 44.1 Å². The Labute approximate surface area is 527 Å². The van der Waals surface area contributed by atoms with Crippen LogP contribution in [0.15, 0.2) is 164 Å². The largest absolute Gasteiger partial charge is 0.480 e. The van der Waals surface area contributed by atoms with Crippen molar-refractivity contribution >= 4 is 85.4 Å². The zero-order valence-corrected chi connectivity index (χ0v) is 50.8. The summed E-state index contributed by atoms with van der Waals surface area (Å²) in [5.41, 5.74) is 27.0. The minimum absolute atomic E-state index is 0.0703. The van der Waals surface area contributed by atoms with E-state index in [0.717, 1.165) is 66.1 Å². The second kappa shape index (κ2) is 32.0. The highest BCUT2D eigenvalue weighted by molar-refractivity contribution is 5.93. The number of hydrogen-bond acceptors (Lipinski definition) is 12. The maximum atomic E-state index is 14.1. The molecule has 0 radical (unpaired) electrons. The fourth-order valence-corrected chi connectivity index (χ4v) is 11.8. The quantitative estimate of drug-likeness (QED) is 0.0129. The van der Waals surface area contributed by atoms with Crippen LogP contribution in [0.1, 0.15) is 97.1 Å². The van der Waals surface area contributed by atoms with Gasteiger partial charge in [-0.05, 0) is 165 Å². The van der Waals surface area contributed by atoms with Gasteiger partial charge in [0.15, 0.2) is 0 Å². The molecule has 21 nitrogen and oxygen atoms in total. The van der Waals surface area contributed by atoms with Crippen LogP contribution in [0.3, 0.4) is 0 Å². The topological polar surface area (TPSA) is 361 Å². The molecule has 0 aliphatic heterocycles. The van der Waals surface area contributed by atoms with Crippen LogP contribution in [-0.2, 0) is 48.0 Å². The SMILES string of the molecule is NCCCC[C@H](Nc1ccc(C(c2ccc(N[C@@H](CCCCN)C(=O)N[C@@H](Cc3c[nH]c4ccccc34)C(=O)O)cc2)c2ccc(N[C@@H](CCCCN)C(=O)N[C@H](Cc3c[nH]c4ccccc34)C(=O)O)cc2)cc1)C(=O)N[C@@H](Cc1c[nH]c2ccccc12)C(=O)O. The van der Waals surface area contributed by atoms with Gasteiger partial charge in [0.25, 0.3) is 0 Å². The minimum Gasteiger partial charge on any atom is -0.480 e. The number of hydrogen-bond donors (Lipinski definition) is 15. The van der Waals surface area contributed by atoms with E-state index in [-0.39, 0.29) is 19.3 Å². The summed E-state index contributed by atoms with van der Waals surface area (Å²) in [5.74, 6) is -5.29. The summed E-state index contributed by atoms with van der Waals surface area (Å²) in [7, 11) is 0. The first kappa shape index (κ1) is 65.5. The smallest absolute Gasteiger partial charge is 0.326 e. The lowest BCUT2D eigenvalue weighted by molar-refractivity contribution is -0.142. The van der Waals surface area contributed by atoms with Crippen LogP contribution in [0, 0.1) is 0 Å². The summed E-state index contributed by atoms with van der Waals surface area (Å²) >= 11 is 0.